The highest BCUT2D eigenvalue weighted by molar-refractivity contribution is 9.10. The Balaban J connectivity index is 2.45. The molecule has 0 spiro atoms. The van der Waals surface area contributed by atoms with Gasteiger partial charge in [-0.25, -0.2) is 0 Å². The van der Waals surface area contributed by atoms with Crippen LogP contribution in [0.15, 0.2) is 16.7 Å². The van der Waals surface area contributed by atoms with Crippen molar-refractivity contribution in [1.82, 2.24) is 9.78 Å². The molecule has 18 heavy (non-hydrogen) atoms. The molecule has 0 fully saturated rings. The van der Waals surface area contributed by atoms with Crippen molar-refractivity contribution in [3.05, 3.63) is 22.4 Å². The third-order valence-corrected chi connectivity index (χ3v) is 4.20. The fourth-order valence-corrected chi connectivity index (χ4v) is 3.75. The van der Waals surface area contributed by atoms with Crippen LogP contribution in [0.1, 0.15) is 52.3 Å². The number of aromatic nitrogens is 2. The zero-order chi connectivity index (χ0) is 13.5. The van der Waals surface area contributed by atoms with Gasteiger partial charge in [0.05, 0.1) is 21.7 Å². The van der Waals surface area contributed by atoms with Crippen LogP contribution in [0.5, 0.6) is 0 Å². The highest BCUT2D eigenvalue weighted by Crippen LogP contribution is 2.43. The minimum atomic E-state index is 0.117. The van der Waals surface area contributed by atoms with Crippen LogP contribution in [0.2, 0.25) is 0 Å². The molecule has 0 N–H and O–H groups in total. The van der Waals surface area contributed by atoms with Crippen LogP contribution >= 0.6 is 27.5 Å². The van der Waals surface area contributed by atoms with Crippen LogP contribution in [-0.4, -0.2) is 15.2 Å². The lowest BCUT2D eigenvalue weighted by Crippen LogP contribution is -2.23. The maximum atomic E-state index is 6.38. The molecular formula is C14H20BrClN2. The molecule has 0 bridgehead atoms. The van der Waals surface area contributed by atoms with Gasteiger partial charge in [-0.1, -0.05) is 19.9 Å². The molecule has 0 saturated heterocycles. The second-order valence-electron chi connectivity index (χ2n) is 6.13. The molecular weight excluding hydrogens is 312 g/mol. The van der Waals surface area contributed by atoms with E-state index < -0.39 is 0 Å². The summed E-state index contributed by atoms with van der Waals surface area (Å²) in [7, 11) is 0. The van der Waals surface area contributed by atoms with Crippen molar-refractivity contribution >= 4 is 33.1 Å². The van der Waals surface area contributed by atoms with Crippen molar-refractivity contribution in [1.29, 1.82) is 0 Å². The first-order chi connectivity index (χ1) is 8.30. The molecule has 0 aliphatic heterocycles. The van der Waals surface area contributed by atoms with E-state index in [0.717, 1.165) is 17.3 Å². The SMILES string of the molecule is CC(C)n1ncc(Br)c1C1=CC(Cl)CC(C)(C)C1. The molecule has 1 unspecified atom stereocenters. The van der Waals surface area contributed by atoms with Crippen molar-refractivity contribution in [3.63, 3.8) is 0 Å². The van der Waals surface area contributed by atoms with E-state index in [0.29, 0.717) is 6.04 Å². The zero-order valence-electron chi connectivity index (χ0n) is 11.4. The molecule has 1 aliphatic carbocycles. The molecule has 0 radical (unpaired) electrons. The molecule has 0 saturated carbocycles. The molecule has 1 aromatic heterocycles. The van der Waals surface area contributed by atoms with Gasteiger partial charge >= 0.3 is 0 Å². The molecule has 1 aliphatic rings. The van der Waals surface area contributed by atoms with Crippen LogP contribution in [0.25, 0.3) is 5.57 Å². The first-order valence-corrected chi connectivity index (χ1v) is 7.61. The molecule has 2 rings (SSSR count). The van der Waals surface area contributed by atoms with Crippen molar-refractivity contribution in [2.75, 3.05) is 0 Å². The maximum Gasteiger partial charge on any atom is 0.0784 e. The van der Waals surface area contributed by atoms with Crippen LogP contribution < -0.4 is 0 Å². The zero-order valence-corrected chi connectivity index (χ0v) is 13.7. The third kappa shape index (κ3) is 2.83. The van der Waals surface area contributed by atoms with Gasteiger partial charge in [0.15, 0.2) is 0 Å². The van der Waals surface area contributed by atoms with Gasteiger partial charge in [-0.15, -0.1) is 11.6 Å². The highest BCUT2D eigenvalue weighted by atomic mass is 79.9. The summed E-state index contributed by atoms with van der Waals surface area (Å²) in [6, 6.07) is 0.353. The summed E-state index contributed by atoms with van der Waals surface area (Å²) in [5, 5.41) is 4.57. The maximum absolute atomic E-state index is 6.38. The van der Waals surface area contributed by atoms with E-state index in [-0.39, 0.29) is 10.8 Å². The summed E-state index contributed by atoms with van der Waals surface area (Å²) in [4.78, 5) is 0. The summed E-state index contributed by atoms with van der Waals surface area (Å²) in [5.41, 5.74) is 2.75. The van der Waals surface area contributed by atoms with Gasteiger partial charge in [0.25, 0.3) is 0 Å². The molecule has 4 heteroatoms. The second-order valence-corrected chi connectivity index (χ2v) is 7.55. The number of rotatable bonds is 2. The Morgan fingerprint density at radius 1 is 1.50 bits per heavy atom. The Kier molecular flexibility index (Phi) is 3.93. The lowest BCUT2D eigenvalue weighted by atomic mass is 9.76. The Labute approximate surface area is 123 Å². The average Bonchev–Trinajstić information content (AvgIpc) is 2.56. The van der Waals surface area contributed by atoms with Crippen LogP contribution in [-0.2, 0) is 0 Å². The molecule has 1 aromatic rings. The number of hydrogen-bond acceptors (Lipinski definition) is 1. The minimum Gasteiger partial charge on any atom is -0.262 e. The second kappa shape index (κ2) is 5.01. The van der Waals surface area contributed by atoms with Gasteiger partial charge < -0.3 is 0 Å². The summed E-state index contributed by atoms with van der Waals surface area (Å²) in [6.07, 6.45) is 6.15. The van der Waals surface area contributed by atoms with E-state index in [9.17, 15) is 0 Å². The predicted molar refractivity (Wildman–Crippen MR) is 80.9 cm³/mol. The van der Waals surface area contributed by atoms with Crippen LogP contribution in [0.3, 0.4) is 0 Å². The largest absolute Gasteiger partial charge is 0.262 e. The Bertz CT molecular complexity index is 474. The summed E-state index contributed by atoms with van der Waals surface area (Å²) < 4.78 is 3.13. The first kappa shape index (κ1) is 14.1. The van der Waals surface area contributed by atoms with Crippen molar-refractivity contribution in [2.24, 2.45) is 5.41 Å². The van der Waals surface area contributed by atoms with Gasteiger partial charge in [-0.3, -0.25) is 4.68 Å². The van der Waals surface area contributed by atoms with Crippen LogP contribution in [0, 0.1) is 5.41 Å². The molecule has 1 heterocycles. The number of halogens is 2. The molecule has 2 nitrogen and oxygen atoms in total. The standard InChI is InChI=1S/C14H20BrClN2/c1-9(2)18-13(12(15)8-17-18)10-5-11(16)7-14(3,4)6-10/h5,8-9,11H,6-7H2,1-4H3. The van der Waals surface area contributed by atoms with E-state index in [2.05, 4.69) is 59.5 Å². The lowest BCUT2D eigenvalue weighted by Gasteiger charge is -2.33. The average molecular weight is 332 g/mol. The number of hydrogen-bond donors (Lipinski definition) is 0. The summed E-state index contributed by atoms with van der Waals surface area (Å²) >= 11 is 9.99. The van der Waals surface area contributed by atoms with E-state index in [1.165, 1.54) is 11.3 Å². The fraction of sp³-hybridized carbons (Fsp3) is 0.643. The van der Waals surface area contributed by atoms with Gasteiger partial charge in [0.1, 0.15) is 0 Å². The Hall–Kier alpha value is -0.280. The smallest absolute Gasteiger partial charge is 0.0784 e. The fourth-order valence-electron chi connectivity index (χ4n) is 2.65. The van der Waals surface area contributed by atoms with Crippen molar-refractivity contribution < 1.29 is 0 Å². The monoisotopic (exact) mass is 330 g/mol. The predicted octanol–water partition coefficient (Wildman–Crippen LogP) is 5.04. The topological polar surface area (TPSA) is 17.8 Å². The van der Waals surface area contributed by atoms with E-state index in [1.54, 1.807) is 0 Å². The molecule has 0 aromatic carbocycles. The quantitative estimate of drug-likeness (QED) is 0.694. The van der Waals surface area contributed by atoms with Crippen LogP contribution in [0.4, 0.5) is 0 Å². The number of allylic oxidation sites excluding steroid dienone is 2. The van der Waals surface area contributed by atoms with Gasteiger partial charge in [0, 0.05) is 6.04 Å². The van der Waals surface area contributed by atoms with Crippen molar-refractivity contribution in [2.45, 2.75) is 52.0 Å². The van der Waals surface area contributed by atoms with Gasteiger partial charge in [-0.2, -0.15) is 5.10 Å². The number of alkyl halides is 1. The highest BCUT2D eigenvalue weighted by Gasteiger charge is 2.30. The normalized spacial score (nSPS) is 23.3. The first-order valence-electron chi connectivity index (χ1n) is 6.38. The third-order valence-electron chi connectivity index (χ3n) is 3.34. The number of nitrogens with zero attached hydrogens (tertiary/aromatic N) is 2. The molecule has 0 amide bonds. The summed E-state index contributed by atoms with van der Waals surface area (Å²) in [5.74, 6) is 0. The van der Waals surface area contributed by atoms with E-state index in [4.69, 9.17) is 11.6 Å². The van der Waals surface area contributed by atoms with Gasteiger partial charge in [0.2, 0.25) is 0 Å². The summed E-state index contributed by atoms with van der Waals surface area (Å²) in [6.45, 7) is 8.85. The van der Waals surface area contributed by atoms with E-state index >= 15 is 0 Å². The Morgan fingerprint density at radius 3 is 2.72 bits per heavy atom. The Morgan fingerprint density at radius 2 is 2.17 bits per heavy atom. The minimum absolute atomic E-state index is 0.117. The van der Waals surface area contributed by atoms with E-state index in [1.807, 2.05) is 6.20 Å². The molecule has 1 atom stereocenters. The van der Waals surface area contributed by atoms with Crippen molar-refractivity contribution in [3.8, 4) is 0 Å². The molecule has 100 valence electrons. The lowest BCUT2D eigenvalue weighted by molar-refractivity contribution is 0.339. The van der Waals surface area contributed by atoms with Gasteiger partial charge in [-0.05, 0) is 53.6 Å².